The summed E-state index contributed by atoms with van der Waals surface area (Å²) in [6.45, 7) is 6.10. The van der Waals surface area contributed by atoms with Crippen molar-refractivity contribution in [3.8, 4) is 0 Å². The Balaban J connectivity index is 1.77. The molecule has 1 aromatic carbocycles. The van der Waals surface area contributed by atoms with Crippen LogP contribution in [0.2, 0.25) is 0 Å². The van der Waals surface area contributed by atoms with Gasteiger partial charge in [-0.1, -0.05) is 56.5 Å². The molecule has 2 atom stereocenters. The lowest BCUT2D eigenvalue weighted by atomic mass is 10.0. The van der Waals surface area contributed by atoms with Gasteiger partial charge in [-0.3, -0.25) is 9.78 Å². The van der Waals surface area contributed by atoms with Crippen molar-refractivity contribution in [1.82, 2.24) is 4.98 Å². The smallest absolute Gasteiger partial charge is 0.305 e. The Labute approximate surface area is 192 Å². The van der Waals surface area contributed by atoms with Crippen LogP contribution in [0.1, 0.15) is 77.0 Å². The molecule has 2 heterocycles. The van der Waals surface area contributed by atoms with E-state index in [0.717, 1.165) is 41.4 Å². The quantitative estimate of drug-likeness (QED) is 0.307. The number of aryl methyl sites for hydroxylation is 1. The second kappa shape index (κ2) is 11.6. The summed E-state index contributed by atoms with van der Waals surface area (Å²) in [5.41, 5.74) is 3.32. The Bertz CT molecular complexity index is 921. The molecule has 174 valence electrons. The average molecular weight is 440 g/mol. The highest BCUT2D eigenvalue weighted by Gasteiger charge is 2.39. The van der Waals surface area contributed by atoms with Crippen LogP contribution in [0, 0.1) is 0 Å². The third kappa shape index (κ3) is 6.88. The van der Waals surface area contributed by atoms with Crippen molar-refractivity contribution < 1.29 is 19.0 Å². The van der Waals surface area contributed by atoms with Gasteiger partial charge in [-0.2, -0.15) is 0 Å². The van der Waals surface area contributed by atoms with Gasteiger partial charge in [0.05, 0.1) is 18.7 Å². The number of carbonyl (C=O) groups excluding carboxylic acids is 1. The van der Waals surface area contributed by atoms with E-state index in [1.807, 2.05) is 26.0 Å². The topological polar surface area (TPSA) is 57.7 Å². The molecule has 0 saturated carbocycles. The third-order valence-electron chi connectivity index (χ3n) is 5.89. The molecule has 1 aromatic heterocycles. The lowest BCUT2D eigenvalue weighted by Gasteiger charge is -2.16. The number of hydrogen-bond acceptors (Lipinski definition) is 5. The maximum absolute atomic E-state index is 11.5. The predicted octanol–water partition coefficient (Wildman–Crippen LogP) is 6.23. The highest BCUT2D eigenvalue weighted by molar-refractivity contribution is 5.81. The maximum atomic E-state index is 11.5. The van der Waals surface area contributed by atoms with Crippen LogP contribution in [0.4, 0.5) is 0 Å². The van der Waals surface area contributed by atoms with Crippen molar-refractivity contribution in [2.24, 2.45) is 0 Å². The van der Waals surface area contributed by atoms with Gasteiger partial charge < -0.3 is 14.2 Å². The molecule has 5 nitrogen and oxygen atoms in total. The van der Waals surface area contributed by atoms with E-state index in [9.17, 15) is 4.79 Å². The van der Waals surface area contributed by atoms with Gasteiger partial charge in [0.2, 0.25) is 0 Å². The van der Waals surface area contributed by atoms with E-state index >= 15 is 0 Å². The second-order valence-electron chi connectivity index (χ2n) is 8.99. The lowest BCUT2D eigenvalue weighted by molar-refractivity contribution is -0.144. The van der Waals surface area contributed by atoms with Crippen LogP contribution in [-0.2, 0) is 25.4 Å². The summed E-state index contributed by atoms with van der Waals surface area (Å²) >= 11 is 0. The fourth-order valence-corrected chi connectivity index (χ4v) is 4.23. The van der Waals surface area contributed by atoms with E-state index in [1.165, 1.54) is 26.4 Å². The van der Waals surface area contributed by atoms with Crippen molar-refractivity contribution in [3.63, 3.8) is 0 Å². The molecule has 2 unspecified atom stereocenters. The van der Waals surface area contributed by atoms with E-state index in [4.69, 9.17) is 19.2 Å². The summed E-state index contributed by atoms with van der Waals surface area (Å²) in [4.78, 5) is 16.4. The minimum atomic E-state index is -0.643. The van der Waals surface area contributed by atoms with Gasteiger partial charge in [0.25, 0.3) is 0 Å². The third-order valence-corrected chi connectivity index (χ3v) is 5.89. The fraction of sp³-hybridized carbons (Fsp3) is 0.556. The van der Waals surface area contributed by atoms with E-state index in [-0.39, 0.29) is 18.2 Å². The number of ether oxygens (including phenoxy) is 3. The Morgan fingerprint density at radius 3 is 2.75 bits per heavy atom. The maximum Gasteiger partial charge on any atom is 0.305 e. The molecule has 2 aromatic rings. The first-order valence-corrected chi connectivity index (χ1v) is 11.9. The van der Waals surface area contributed by atoms with Gasteiger partial charge in [0.1, 0.15) is 6.10 Å². The van der Waals surface area contributed by atoms with Crippen LogP contribution in [0.15, 0.2) is 36.4 Å². The molecular weight excluding hydrogens is 402 g/mol. The van der Waals surface area contributed by atoms with E-state index in [1.54, 1.807) is 0 Å². The van der Waals surface area contributed by atoms with Gasteiger partial charge in [-0.25, -0.2) is 0 Å². The van der Waals surface area contributed by atoms with E-state index in [0.29, 0.717) is 12.8 Å². The fourth-order valence-electron chi connectivity index (χ4n) is 4.23. The van der Waals surface area contributed by atoms with Crippen molar-refractivity contribution in [2.45, 2.75) is 90.1 Å². The Hall–Kier alpha value is -2.24. The van der Waals surface area contributed by atoms with Crippen LogP contribution >= 0.6 is 0 Å². The molecule has 1 fully saturated rings. The van der Waals surface area contributed by atoms with Gasteiger partial charge in [-0.05, 0) is 57.2 Å². The van der Waals surface area contributed by atoms with Crippen molar-refractivity contribution >= 4 is 22.9 Å². The number of rotatable bonds is 11. The number of benzene rings is 1. The number of nitrogens with zero attached hydrogens (tertiary/aromatic N) is 1. The van der Waals surface area contributed by atoms with Gasteiger partial charge in [0, 0.05) is 17.5 Å². The van der Waals surface area contributed by atoms with Crippen molar-refractivity contribution in [3.05, 3.63) is 47.7 Å². The number of para-hydroxylation sites is 1. The Morgan fingerprint density at radius 2 is 1.97 bits per heavy atom. The molecule has 1 aliphatic rings. The number of hydrogen-bond donors (Lipinski definition) is 0. The first-order valence-electron chi connectivity index (χ1n) is 11.9. The molecule has 5 heteroatoms. The Kier molecular flexibility index (Phi) is 8.83. The van der Waals surface area contributed by atoms with Crippen LogP contribution in [0.3, 0.4) is 0 Å². The summed E-state index contributed by atoms with van der Waals surface area (Å²) < 4.78 is 17.0. The van der Waals surface area contributed by atoms with Crippen molar-refractivity contribution in [2.75, 3.05) is 7.11 Å². The normalized spacial score (nSPS) is 20.2. The predicted molar refractivity (Wildman–Crippen MR) is 128 cm³/mol. The monoisotopic (exact) mass is 439 g/mol. The standard InChI is InChI=1S/C27H37NO4/c1-5-6-7-8-13-23-21(19-20-12-9-10-14-22(20)28-23)17-18-25-24(31-27(2,3)32-25)15-11-16-26(29)30-4/h9-10,12,14,17-19,24-25H,5-8,11,13,15-16H2,1-4H3/b18-17+. The number of pyridine rings is 1. The van der Waals surface area contributed by atoms with Gasteiger partial charge in [-0.15, -0.1) is 0 Å². The summed E-state index contributed by atoms with van der Waals surface area (Å²) in [6, 6.07) is 10.5. The van der Waals surface area contributed by atoms with Crippen LogP contribution < -0.4 is 0 Å². The molecule has 1 saturated heterocycles. The van der Waals surface area contributed by atoms with Crippen LogP contribution in [-0.4, -0.2) is 36.1 Å². The first kappa shape index (κ1) is 24.4. The van der Waals surface area contributed by atoms with Gasteiger partial charge in [0.15, 0.2) is 5.79 Å². The molecule has 32 heavy (non-hydrogen) atoms. The molecular formula is C27H37NO4. The molecule has 0 spiro atoms. The number of aromatic nitrogens is 1. The SMILES string of the molecule is CCCCCCc1nc2ccccc2cc1/C=C/C1OC(C)(C)OC1CCCC(=O)OC. The number of methoxy groups -OCH3 is 1. The lowest BCUT2D eigenvalue weighted by Crippen LogP contribution is -2.21. The molecule has 1 aliphatic heterocycles. The van der Waals surface area contributed by atoms with Crippen molar-refractivity contribution in [1.29, 1.82) is 0 Å². The Morgan fingerprint density at radius 1 is 1.16 bits per heavy atom. The van der Waals surface area contributed by atoms with Gasteiger partial charge >= 0.3 is 5.97 Å². The van der Waals surface area contributed by atoms with Crippen LogP contribution in [0.5, 0.6) is 0 Å². The minimum absolute atomic E-state index is 0.0904. The molecule has 0 aliphatic carbocycles. The summed E-state index contributed by atoms with van der Waals surface area (Å²) in [6.07, 6.45) is 11.7. The number of fused-ring (bicyclic) bond motifs is 1. The number of unbranched alkanes of at least 4 members (excludes halogenated alkanes) is 3. The number of carbonyl (C=O) groups is 1. The zero-order valence-corrected chi connectivity index (χ0v) is 19.9. The molecule has 0 bridgehead atoms. The first-order chi connectivity index (χ1) is 15.4. The second-order valence-corrected chi connectivity index (χ2v) is 8.99. The summed E-state index contributed by atoms with van der Waals surface area (Å²) in [7, 11) is 1.42. The largest absolute Gasteiger partial charge is 0.469 e. The minimum Gasteiger partial charge on any atom is -0.469 e. The average Bonchev–Trinajstić information content (AvgIpc) is 3.08. The van der Waals surface area contributed by atoms with E-state index in [2.05, 4.69) is 37.3 Å². The molecule has 0 radical (unpaired) electrons. The molecule has 3 rings (SSSR count). The number of esters is 1. The summed E-state index contributed by atoms with van der Waals surface area (Å²) in [5.74, 6) is -0.833. The zero-order chi connectivity index (χ0) is 23.0. The van der Waals surface area contributed by atoms with Crippen LogP contribution in [0.25, 0.3) is 17.0 Å². The zero-order valence-electron chi connectivity index (χ0n) is 19.9. The highest BCUT2D eigenvalue weighted by atomic mass is 16.7. The summed E-state index contributed by atoms with van der Waals surface area (Å²) in [5, 5.41) is 1.14. The van der Waals surface area contributed by atoms with E-state index < -0.39 is 5.79 Å². The highest BCUT2D eigenvalue weighted by Crippen LogP contribution is 2.32. The molecule has 0 amide bonds. The molecule has 0 N–H and O–H groups in total.